The number of rotatable bonds is 6. The van der Waals surface area contributed by atoms with E-state index in [4.69, 9.17) is 4.42 Å². The predicted octanol–water partition coefficient (Wildman–Crippen LogP) is 4.15. The molecule has 2 aromatic carbocycles. The van der Waals surface area contributed by atoms with E-state index in [2.05, 4.69) is 28.8 Å². The molecule has 4 rings (SSSR count). The van der Waals surface area contributed by atoms with Gasteiger partial charge in [-0.3, -0.25) is 10.1 Å². The van der Waals surface area contributed by atoms with Crippen LogP contribution in [0.3, 0.4) is 0 Å². The van der Waals surface area contributed by atoms with Crippen molar-refractivity contribution >= 4 is 5.91 Å². The van der Waals surface area contributed by atoms with E-state index in [1.54, 1.807) is 6.26 Å². The Morgan fingerprint density at radius 2 is 1.85 bits per heavy atom. The molecule has 0 saturated heterocycles. The highest BCUT2D eigenvalue weighted by Crippen LogP contribution is 2.29. The molecule has 4 heteroatoms. The van der Waals surface area contributed by atoms with Crippen LogP contribution in [-0.4, -0.2) is 12.5 Å². The topological polar surface area (TPSA) is 54.3 Å². The summed E-state index contributed by atoms with van der Waals surface area (Å²) in [4.78, 5) is 12.6. The lowest BCUT2D eigenvalue weighted by Crippen LogP contribution is -2.38. The summed E-state index contributed by atoms with van der Waals surface area (Å²) in [5.41, 5.74) is 3.67. The maximum atomic E-state index is 12.6. The molecule has 0 radical (unpaired) electrons. The van der Waals surface area contributed by atoms with Crippen LogP contribution in [0, 0.1) is 0 Å². The van der Waals surface area contributed by atoms with Crippen molar-refractivity contribution in [3.8, 4) is 0 Å². The van der Waals surface area contributed by atoms with Crippen LogP contribution in [0.4, 0.5) is 0 Å². The monoisotopic (exact) mass is 360 g/mol. The standard InChI is InChI=1S/C23H24N2O2/c26-22(25-20-13-6-11-17-8-4-5-12-19(17)20)16-24-23(21-14-7-15-27-21)18-9-2-1-3-10-18/h1-5,7-10,12,14-15,20,23-24H,6,11,13,16H2,(H,25,26)/t20-,23+/m0/s1. The van der Waals surface area contributed by atoms with Gasteiger partial charge in [0.25, 0.3) is 0 Å². The van der Waals surface area contributed by atoms with Crippen molar-refractivity contribution in [3.63, 3.8) is 0 Å². The molecule has 1 heterocycles. The molecule has 1 aliphatic rings. The Morgan fingerprint density at radius 3 is 2.67 bits per heavy atom. The van der Waals surface area contributed by atoms with Crippen LogP contribution in [0.25, 0.3) is 0 Å². The van der Waals surface area contributed by atoms with Crippen molar-refractivity contribution in [2.75, 3.05) is 6.54 Å². The minimum Gasteiger partial charge on any atom is -0.467 e. The zero-order chi connectivity index (χ0) is 18.5. The van der Waals surface area contributed by atoms with E-state index in [-0.39, 0.29) is 24.5 Å². The highest BCUT2D eigenvalue weighted by molar-refractivity contribution is 5.78. The summed E-state index contributed by atoms with van der Waals surface area (Å²) in [7, 11) is 0. The molecule has 2 N–H and O–H groups in total. The fourth-order valence-corrected chi connectivity index (χ4v) is 3.83. The third-order valence-corrected chi connectivity index (χ3v) is 5.13. The molecule has 1 aliphatic carbocycles. The fraction of sp³-hybridized carbons (Fsp3) is 0.261. The SMILES string of the molecule is O=C(CN[C@H](c1ccccc1)c1ccco1)N[C@H]1CCCc2ccccc21. The summed E-state index contributed by atoms with van der Waals surface area (Å²) in [5, 5.41) is 6.54. The second kappa shape index (κ2) is 8.23. The first kappa shape index (κ1) is 17.6. The number of amides is 1. The molecule has 2 atom stereocenters. The molecule has 3 aromatic rings. The maximum absolute atomic E-state index is 12.6. The van der Waals surface area contributed by atoms with Crippen LogP contribution in [-0.2, 0) is 11.2 Å². The van der Waals surface area contributed by atoms with Crippen LogP contribution in [0.5, 0.6) is 0 Å². The van der Waals surface area contributed by atoms with E-state index < -0.39 is 0 Å². The van der Waals surface area contributed by atoms with Crippen molar-refractivity contribution in [1.82, 2.24) is 10.6 Å². The van der Waals surface area contributed by atoms with Gasteiger partial charge < -0.3 is 9.73 Å². The first-order chi connectivity index (χ1) is 13.3. The normalized spacial score (nSPS) is 17.1. The van der Waals surface area contributed by atoms with Crippen LogP contribution >= 0.6 is 0 Å². The summed E-state index contributed by atoms with van der Waals surface area (Å²) < 4.78 is 5.58. The average Bonchev–Trinajstić information content (AvgIpc) is 3.24. The Morgan fingerprint density at radius 1 is 1.04 bits per heavy atom. The van der Waals surface area contributed by atoms with Crippen LogP contribution in [0.15, 0.2) is 77.4 Å². The Hall–Kier alpha value is -2.85. The van der Waals surface area contributed by atoms with Crippen LogP contribution in [0.2, 0.25) is 0 Å². The van der Waals surface area contributed by atoms with Gasteiger partial charge in [-0.1, -0.05) is 54.6 Å². The molecule has 0 spiro atoms. The Balaban J connectivity index is 1.42. The molecule has 138 valence electrons. The van der Waals surface area contributed by atoms with E-state index in [0.717, 1.165) is 30.6 Å². The third kappa shape index (κ3) is 4.12. The Kier molecular flexibility index (Phi) is 5.35. The summed E-state index contributed by atoms with van der Waals surface area (Å²) in [6, 6.07) is 22.2. The van der Waals surface area contributed by atoms with Gasteiger partial charge in [0.05, 0.1) is 24.9 Å². The van der Waals surface area contributed by atoms with E-state index in [1.165, 1.54) is 11.1 Å². The van der Waals surface area contributed by atoms with Crippen molar-refractivity contribution in [3.05, 3.63) is 95.4 Å². The molecule has 0 aliphatic heterocycles. The number of carbonyl (C=O) groups is 1. The summed E-state index contributed by atoms with van der Waals surface area (Å²) >= 11 is 0. The van der Waals surface area contributed by atoms with Gasteiger partial charge in [0.1, 0.15) is 5.76 Å². The maximum Gasteiger partial charge on any atom is 0.234 e. The van der Waals surface area contributed by atoms with Crippen LogP contribution in [0.1, 0.15) is 47.4 Å². The zero-order valence-electron chi connectivity index (χ0n) is 15.2. The third-order valence-electron chi connectivity index (χ3n) is 5.13. The molecule has 0 fully saturated rings. The van der Waals surface area contributed by atoms with E-state index in [1.807, 2.05) is 48.5 Å². The number of hydrogen-bond acceptors (Lipinski definition) is 3. The average molecular weight is 360 g/mol. The van der Waals surface area contributed by atoms with Gasteiger partial charge in [-0.25, -0.2) is 0 Å². The van der Waals surface area contributed by atoms with Gasteiger partial charge in [-0.15, -0.1) is 0 Å². The fourth-order valence-electron chi connectivity index (χ4n) is 3.83. The number of furan rings is 1. The molecule has 27 heavy (non-hydrogen) atoms. The number of fused-ring (bicyclic) bond motifs is 1. The van der Waals surface area contributed by atoms with Gasteiger partial charge in [0.2, 0.25) is 5.91 Å². The van der Waals surface area contributed by atoms with Gasteiger partial charge in [-0.2, -0.15) is 0 Å². The molecule has 4 nitrogen and oxygen atoms in total. The molecule has 0 saturated carbocycles. The van der Waals surface area contributed by atoms with Gasteiger partial charge >= 0.3 is 0 Å². The number of hydrogen-bond donors (Lipinski definition) is 2. The minimum atomic E-state index is -0.148. The smallest absolute Gasteiger partial charge is 0.234 e. The molecule has 1 amide bonds. The van der Waals surface area contributed by atoms with E-state index in [0.29, 0.717) is 0 Å². The zero-order valence-corrected chi connectivity index (χ0v) is 15.2. The molecular weight excluding hydrogens is 336 g/mol. The largest absolute Gasteiger partial charge is 0.467 e. The lowest BCUT2D eigenvalue weighted by molar-refractivity contribution is -0.121. The van der Waals surface area contributed by atoms with Crippen molar-refractivity contribution in [1.29, 1.82) is 0 Å². The quantitative estimate of drug-likeness (QED) is 0.694. The van der Waals surface area contributed by atoms with Crippen LogP contribution < -0.4 is 10.6 Å². The Labute approximate surface area is 159 Å². The van der Waals surface area contributed by atoms with Crippen molar-refractivity contribution in [2.24, 2.45) is 0 Å². The second-order valence-electron chi connectivity index (χ2n) is 6.95. The number of nitrogens with one attached hydrogen (secondary N) is 2. The van der Waals surface area contributed by atoms with Gasteiger partial charge in [0, 0.05) is 0 Å². The Bertz CT molecular complexity index is 874. The number of aryl methyl sites for hydroxylation is 1. The summed E-state index contributed by atoms with van der Waals surface area (Å²) in [6.07, 6.45) is 4.85. The number of carbonyl (C=O) groups excluding carboxylic acids is 1. The minimum absolute atomic E-state index is 0.00388. The molecule has 0 bridgehead atoms. The van der Waals surface area contributed by atoms with Crippen molar-refractivity contribution in [2.45, 2.75) is 31.3 Å². The highest BCUT2D eigenvalue weighted by Gasteiger charge is 2.22. The predicted molar refractivity (Wildman–Crippen MR) is 105 cm³/mol. The van der Waals surface area contributed by atoms with Gasteiger partial charge in [0.15, 0.2) is 0 Å². The lowest BCUT2D eigenvalue weighted by Gasteiger charge is -2.26. The lowest BCUT2D eigenvalue weighted by atomic mass is 9.88. The number of benzene rings is 2. The van der Waals surface area contributed by atoms with Crippen molar-refractivity contribution < 1.29 is 9.21 Å². The summed E-state index contributed by atoms with van der Waals surface area (Å²) in [6.45, 7) is 0.235. The molecule has 1 aromatic heterocycles. The summed E-state index contributed by atoms with van der Waals surface area (Å²) in [5.74, 6) is 0.807. The molecular formula is C23H24N2O2. The highest BCUT2D eigenvalue weighted by atomic mass is 16.3. The second-order valence-corrected chi connectivity index (χ2v) is 6.95. The van der Waals surface area contributed by atoms with E-state index in [9.17, 15) is 4.79 Å². The first-order valence-electron chi connectivity index (χ1n) is 9.50. The van der Waals surface area contributed by atoms with E-state index >= 15 is 0 Å². The first-order valence-corrected chi connectivity index (χ1v) is 9.50. The molecule has 0 unspecified atom stereocenters. The van der Waals surface area contributed by atoms with Gasteiger partial charge in [-0.05, 0) is 48.1 Å².